The largest absolute Gasteiger partial charge is 0.493 e. The lowest BCUT2D eigenvalue weighted by Gasteiger charge is -2.27. The van der Waals surface area contributed by atoms with E-state index < -0.39 is 0 Å². The molecule has 1 rings (SSSR count). The number of hydrogen-bond acceptors (Lipinski definition) is 3. The molecule has 0 fully saturated rings. The summed E-state index contributed by atoms with van der Waals surface area (Å²) in [6, 6.07) is 7.73. The summed E-state index contributed by atoms with van der Waals surface area (Å²) in [4.78, 5) is 0. The van der Waals surface area contributed by atoms with Crippen LogP contribution in [0.4, 0.5) is 0 Å². The van der Waals surface area contributed by atoms with Gasteiger partial charge in [-0.05, 0) is 39.3 Å². The SMILES string of the molecule is CCC(C)(C)NCC(C)Oc1ccccc1OC. The Kier molecular flexibility index (Phi) is 5.48. The maximum absolute atomic E-state index is 5.89. The summed E-state index contributed by atoms with van der Waals surface area (Å²) >= 11 is 0. The lowest BCUT2D eigenvalue weighted by Crippen LogP contribution is -2.43. The van der Waals surface area contributed by atoms with Gasteiger partial charge in [0.15, 0.2) is 11.5 Å². The lowest BCUT2D eigenvalue weighted by atomic mass is 10.0. The summed E-state index contributed by atoms with van der Waals surface area (Å²) in [6.45, 7) is 9.45. The third kappa shape index (κ3) is 4.57. The van der Waals surface area contributed by atoms with E-state index in [1.807, 2.05) is 24.3 Å². The van der Waals surface area contributed by atoms with Gasteiger partial charge in [-0.15, -0.1) is 0 Å². The maximum Gasteiger partial charge on any atom is 0.161 e. The van der Waals surface area contributed by atoms with Crippen molar-refractivity contribution in [2.24, 2.45) is 0 Å². The van der Waals surface area contributed by atoms with E-state index in [1.165, 1.54) is 0 Å². The van der Waals surface area contributed by atoms with Gasteiger partial charge in [0.05, 0.1) is 7.11 Å². The summed E-state index contributed by atoms with van der Waals surface area (Å²) in [5, 5.41) is 3.50. The molecule has 1 aromatic carbocycles. The van der Waals surface area contributed by atoms with Crippen molar-refractivity contribution in [3.63, 3.8) is 0 Å². The van der Waals surface area contributed by atoms with Crippen molar-refractivity contribution in [3.05, 3.63) is 24.3 Å². The minimum absolute atomic E-state index is 0.104. The molecule has 0 heterocycles. The Balaban J connectivity index is 2.52. The quantitative estimate of drug-likeness (QED) is 0.807. The predicted octanol–water partition coefficient (Wildman–Crippen LogP) is 3.24. The highest BCUT2D eigenvalue weighted by Gasteiger charge is 2.16. The minimum Gasteiger partial charge on any atom is -0.493 e. The molecule has 1 aromatic rings. The van der Waals surface area contributed by atoms with E-state index in [0.717, 1.165) is 24.5 Å². The first-order valence-electron chi connectivity index (χ1n) is 6.53. The van der Waals surface area contributed by atoms with E-state index in [0.29, 0.717) is 0 Å². The molecule has 0 saturated heterocycles. The van der Waals surface area contributed by atoms with E-state index in [4.69, 9.17) is 9.47 Å². The van der Waals surface area contributed by atoms with Gasteiger partial charge in [0, 0.05) is 12.1 Å². The van der Waals surface area contributed by atoms with Gasteiger partial charge in [-0.2, -0.15) is 0 Å². The number of nitrogens with one attached hydrogen (secondary N) is 1. The third-order valence-corrected chi connectivity index (χ3v) is 3.15. The molecule has 1 unspecified atom stereocenters. The van der Waals surface area contributed by atoms with Gasteiger partial charge in [0.2, 0.25) is 0 Å². The van der Waals surface area contributed by atoms with Gasteiger partial charge in [-0.25, -0.2) is 0 Å². The molecular weight excluding hydrogens is 226 g/mol. The second-order valence-corrected chi connectivity index (χ2v) is 5.20. The van der Waals surface area contributed by atoms with Crippen LogP contribution in [0.5, 0.6) is 11.5 Å². The average molecular weight is 251 g/mol. The number of ether oxygens (including phenoxy) is 2. The Morgan fingerprint density at radius 1 is 1.22 bits per heavy atom. The van der Waals surface area contributed by atoms with Gasteiger partial charge < -0.3 is 14.8 Å². The molecule has 0 saturated carbocycles. The van der Waals surface area contributed by atoms with Gasteiger partial charge in [-0.1, -0.05) is 19.1 Å². The topological polar surface area (TPSA) is 30.5 Å². The second-order valence-electron chi connectivity index (χ2n) is 5.20. The fraction of sp³-hybridized carbons (Fsp3) is 0.600. The zero-order valence-corrected chi connectivity index (χ0v) is 12.1. The number of hydrogen-bond donors (Lipinski definition) is 1. The summed E-state index contributed by atoms with van der Waals surface area (Å²) in [5.74, 6) is 1.57. The van der Waals surface area contributed by atoms with Crippen LogP contribution in [0, 0.1) is 0 Å². The van der Waals surface area contributed by atoms with Crippen LogP contribution >= 0.6 is 0 Å². The zero-order chi connectivity index (χ0) is 13.6. The molecule has 0 aliphatic rings. The molecule has 0 radical (unpaired) electrons. The van der Waals surface area contributed by atoms with Gasteiger partial charge in [0.1, 0.15) is 6.10 Å². The van der Waals surface area contributed by atoms with Crippen LogP contribution in [-0.4, -0.2) is 25.3 Å². The molecule has 3 heteroatoms. The highest BCUT2D eigenvalue weighted by molar-refractivity contribution is 5.39. The van der Waals surface area contributed by atoms with Gasteiger partial charge >= 0.3 is 0 Å². The van der Waals surface area contributed by atoms with Crippen molar-refractivity contribution in [2.45, 2.75) is 45.8 Å². The summed E-state index contributed by atoms with van der Waals surface area (Å²) in [7, 11) is 1.66. The maximum atomic E-state index is 5.89. The molecule has 0 amide bonds. The van der Waals surface area contributed by atoms with Crippen LogP contribution in [0.25, 0.3) is 0 Å². The van der Waals surface area contributed by atoms with Crippen molar-refractivity contribution >= 4 is 0 Å². The average Bonchev–Trinajstić information content (AvgIpc) is 2.37. The van der Waals surface area contributed by atoms with E-state index in [9.17, 15) is 0 Å². The van der Waals surface area contributed by atoms with Gasteiger partial charge in [0.25, 0.3) is 0 Å². The zero-order valence-electron chi connectivity index (χ0n) is 12.1. The molecule has 0 spiro atoms. The summed E-state index contributed by atoms with van der Waals surface area (Å²) in [5.41, 5.74) is 0.151. The van der Waals surface area contributed by atoms with E-state index in [-0.39, 0.29) is 11.6 Å². The molecule has 102 valence electrons. The fourth-order valence-corrected chi connectivity index (χ4v) is 1.52. The molecule has 18 heavy (non-hydrogen) atoms. The summed E-state index contributed by atoms with van der Waals surface area (Å²) < 4.78 is 11.2. The van der Waals surface area contributed by atoms with Crippen LogP contribution in [0.2, 0.25) is 0 Å². The highest BCUT2D eigenvalue weighted by atomic mass is 16.5. The lowest BCUT2D eigenvalue weighted by molar-refractivity contribution is 0.191. The number of para-hydroxylation sites is 2. The Morgan fingerprint density at radius 2 is 1.83 bits per heavy atom. The predicted molar refractivity (Wildman–Crippen MR) is 75.5 cm³/mol. The monoisotopic (exact) mass is 251 g/mol. The fourth-order valence-electron chi connectivity index (χ4n) is 1.52. The standard InChI is InChI=1S/C15H25NO2/c1-6-15(3,4)16-11-12(2)18-14-10-8-7-9-13(14)17-5/h7-10,12,16H,6,11H2,1-5H3. The molecular formula is C15H25NO2. The van der Waals surface area contributed by atoms with E-state index >= 15 is 0 Å². The number of rotatable bonds is 7. The molecule has 0 bridgehead atoms. The van der Waals surface area contributed by atoms with Crippen molar-refractivity contribution in [3.8, 4) is 11.5 Å². The normalized spacial score (nSPS) is 13.2. The number of methoxy groups -OCH3 is 1. The second kappa shape index (κ2) is 6.64. The molecule has 3 nitrogen and oxygen atoms in total. The Labute approximate surface area is 110 Å². The molecule has 1 N–H and O–H groups in total. The molecule has 0 aliphatic carbocycles. The molecule has 1 atom stereocenters. The third-order valence-electron chi connectivity index (χ3n) is 3.15. The van der Waals surface area contributed by atoms with Crippen molar-refractivity contribution in [2.75, 3.05) is 13.7 Å². The minimum atomic E-state index is 0.104. The highest BCUT2D eigenvalue weighted by Crippen LogP contribution is 2.26. The van der Waals surface area contributed by atoms with E-state index in [1.54, 1.807) is 7.11 Å². The van der Waals surface area contributed by atoms with Crippen molar-refractivity contribution in [1.82, 2.24) is 5.32 Å². The Hall–Kier alpha value is -1.22. The molecule has 0 aromatic heterocycles. The van der Waals surface area contributed by atoms with E-state index in [2.05, 4.69) is 33.0 Å². The summed E-state index contributed by atoms with van der Waals surface area (Å²) in [6.07, 6.45) is 1.20. The van der Waals surface area contributed by atoms with Crippen LogP contribution < -0.4 is 14.8 Å². The van der Waals surface area contributed by atoms with Crippen LogP contribution in [-0.2, 0) is 0 Å². The van der Waals surface area contributed by atoms with Gasteiger partial charge in [-0.3, -0.25) is 0 Å². The first kappa shape index (κ1) is 14.8. The van der Waals surface area contributed by atoms with Crippen molar-refractivity contribution < 1.29 is 9.47 Å². The smallest absolute Gasteiger partial charge is 0.161 e. The van der Waals surface area contributed by atoms with Crippen LogP contribution in [0.3, 0.4) is 0 Å². The first-order valence-corrected chi connectivity index (χ1v) is 6.53. The number of benzene rings is 1. The Bertz CT molecular complexity index is 363. The molecule has 0 aliphatic heterocycles. The Morgan fingerprint density at radius 3 is 2.39 bits per heavy atom. The first-order chi connectivity index (χ1) is 8.48. The van der Waals surface area contributed by atoms with Crippen molar-refractivity contribution in [1.29, 1.82) is 0 Å². The van der Waals surface area contributed by atoms with Crippen LogP contribution in [0.15, 0.2) is 24.3 Å². The van der Waals surface area contributed by atoms with Crippen LogP contribution in [0.1, 0.15) is 34.1 Å².